The molecule has 1 fully saturated rings. The van der Waals surface area contributed by atoms with Crippen LogP contribution in [0.15, 0.2) is 18.2 Å². The van der Waals surface area contributed by atoms with Crippen LogP contribution in [0, 0.1) is 5.41 Å². The van der Waals surface area contributed by atoms with Gasteiger partial charge in [0.2, 0.25) is 0 Å². The number of nitrogens with two attached hydrogens (primary N) is 1. The lowest BCUT2D eigenvalue weighted by Crippen LogP contribution is -2.36. The Morgan fingerprint density at radius 1 is 1.30 bits per heavy atom. The van der Waals surface area contributed by atoms with E-state index in [1.165, 1.54) is 12.8 Å². The molecule has 1 aromatic carbocycles. The van der Waals surface area contributed by atoms with Gasteiger partial charge in [-0.2, -0.15) is 0 Å². The van der Waals surface area contributed by atoms with Gasteiger partial charge < -0.3 is 15.6 Å². The van der Waals surface area contributed by atoms with E-state index in [1.54, 1.807) is 13.2 Å². The molecule has 1 aliphatic rings. The van der Waals surface area contributed by atoms with Crippen LogP contribution in [0.25, 0.3) is 0 Å². The van der Waals surface area contributed by atoms with Gasteiger partial charge in [-0.15, -0.1) is 0 Å². The maximum absolute atomic E-state index is 11.0. The molecule has 4 heteroatoms. The van der Waals surface area contributed by atoms with Gasteiger partial charge >= 0.3 is 0 Å². The topological polar surface area (TPSA) is 55.5 Å². The maximum Gasteiger partial charge on any atom is 0.126 e. The van der Waals surface area contributed by atoms with Crippen LogP contribution in [-0.4, -0.2) is 18.8 Å². The van der Waals surface area contributed by atoms with Gasteiger partial charge in [0.05, 0.1) is 18.2 Å². The summed E-state index contributed by atoms with van der Waals surface area (Å²) in [5, 5.41) is 11.5. The van der Waals surface area contributed by atoms with E-state index in [-0.39, 0.29) is 5.41 Å². The molecule has 0 heterocycles. The van der Waals surface area contributed by atoms with E-state index in [4.69, 9.17) is 22.1 Å². The maximum atomic E-state index is 11.0. The third kappa shape index (κ3) is 2.95. The van der Waals surface area contributed by atoms with E-state index in [1.807, 2.05) is 12.1 Å². The quantitative estimate of drug-likeness (QED) is 0.834. The monoisotopic (exact) mass is 297 g/mol. The normalized spacial score (nSPS) is 20.2. The summed E-state index contributed by atoms with van der Waals surface area (Å²) in [5.74, 6) is 0.641. The highest BCUT2D eigenvalue weighted by atomic mass is 35.5. The van der Waals surface area contributed by atoms with Crippen molar-refractivity contribution in [2.45, 2.75) is 44.6 Å². The van der Waals surface area contributed by atoms with Crippen LogP contribution < -0.4 is 10.5 Å². The molecule has 0 saturated heterocycles. The van der Waals surface area contributed by atoms with Gasteiger partial charge in [0.1, 0.15) is 5.75 Å². The highest BCUT2D eigenvalue weighted by Gasteiger charge is 2.39. The van der Waals surface area contributed by atoms with Crippen molar-refractivity contribution in [1.29, 1.82) is 0 Å². The molecule has 1 unspecified atom stereocenters. The summed E-state index contributed by atoms with van der Waals surface area (Å²) in [6.45, 7) is 0.475. The van der Waals surface area contributed by atoms with E-state index in [9.17, 15) is 5.11 Å². The van der Waals surface area contributed by atoms with E-state index in [2.05, 4.69) is 0 Å². The highest BCUT2D eigenvalue weighted by molar-refractivity contribution is 6.31. The first-order valence-corrected chi connectivity index (χ1v) is 7.73. The first kappa shape index (κ1) is 15.6. The van der Waals surface area contributed by atoms with E-state index in [0.717, 1.165) is 25.7 Å². The minimum absolute atomic E-state index is 0.283. The predicted octanol–water partition coefficient (Wildman–Crippen LogP) is 3.68. The predicted molar refractivity (Wildman–Crippen MR) is 82.2 cm³/mol. The van der Waals surface area contributed by atoms with E-state index in [0.29, 0.717) is 22.9 Å². The number of aliphatic hydroxyl groups excluding tert-OH is 1. The Labute approximate surface area is 126 Å². The van der Waals surface area contributed by atoms with Crippen molar-refractivity contribution in [1.82, 2.24) is 0 Å². The molecule has 20 heavy (non-hydrogen) atoms. The highest BCUT2D eigenvalue weighted by Crippen LogP contribution is 2.48. The first-order chi connectivity index (χ1) is 9.64. The van der Waals surface area contributed by atoms with Crippen molar-refractivity contribution < 1.29 is 9.84 Å². The second-order valence-corrected chi connectivity index (χ2v) is 6.15. The standard InChI is InChI=1S/C16H24ClNO2/c1-20-13-8-6-7-12(17)14(13)15(19)16(11-18)9-4-2-3-5-10-16/h6-8,15,19H,2-5,9-11,18H2,1H3. The van der Waals surface area contributed by atoms with Crippen LogP contribution in [0.4, 0.5) is 0 Å². The number of aliphatic hydroxyl groups is 1. The smallest absolute Gasteiger partial charge is 0.126 e. The fraction of sp³-hybridized carbons (Fsp3) is 0.625. The molecule has 1 atom stereocenters. The molecular formula is C16H24ClNO2. The number of methoxy groups -OCH3 is 1. The summed E-state index contributed by atoms with van der Waals surface area (Å²) >= 11 is 6.30. The zero-order valence-corrected chi connectivity index (χ0v) is 12.8. The lowest BCUT2D eigenvalue weighted by molar-refractivity contribution is 0.0151. The minimum atomic E-state index is -0.672. The minimum Gasteiger partial charge on any atom is -0.496 e. The zero-order valence-electron chi connectivity index (χ0n) is 12.1. The van der Waals surface area contributed by atoms with Crippen molar-refractivity contribution in [3.63, 3.8) is 0 Å². The van der Waals surface area contributed by atoms with Crippen LogP contribution >= 0.6 is 11.6 Å². The Kier molecular flexibility index (Phi) is 5.30. The Morgan fingerprint density at radius 3 is 2.50 bits per heavy atom. The van der Waals surface area contributed by atoms with Crippen LogP contribution in [-0.2, 0) is 0 Å². The molecular weight excluding hydrogens is 274 g/mol. The molecule has 1 saturated carbocycles. The van der Waals surface area contributed by atoms with E-state index < -0.39 is 6.10 Å². The number of ether oxygens (including phenoxy) is 1. The van der Waals surface area contributed by atoms with Crippen molar-refractivity contribution in [2.75, 3.05) is 13.7 Å². The summed E-state index contributed by atoms with van der Waals surface area (Å²) in [7, 11) is 1.60. The summed E-state index contributed by atoms with van der Waals surface area (Å²) in [6, 6.07) is 5.47. The summed E-state index contributed by atoms with van der Waals surface area (Å²) < 4.78 is 5.37. The number of hydrogen-bond acceptors (Lipinski definition) is 3. The van der Waals surface area contributed by atoms with Crippen LogP contribution in [0.3, 0.4) is 0 Å². The molecule has 3 N–H and O–H groups in total. The van der Waals surface area contributed by atoms with Gasteiger partial charge in [0.15, 0.2) is 0 Å². The molecule has 112 valence electrons. The van der Waals surface area contributed by atoms with Gasteiger partial charge in [-0.3, -0.25) is 0 Å². The second-order valence-electron chi connectivity index (χ2n) is 5.74. The van der Waals surface area contributed by atoms with Crippen LogP contribution in [0.2, 0.25) is 5.02 Å². The molecule has 0 radical (unpaired) electrons. The molecule has 0 aromatic heterocycles. The number of halogens is 1. The average molecular weight is 298 g/mol. The van der Waals surface area contributed by atoms with Crippen LogP contribution in [0.5, 0.6) is 5.75 Å². The largest absolute Gasteiger partial charge is 0.496 e. The molecule has 0 bridgehead atoms. The van der Waals surface area contributed by atoms with Crippen LogP contribution in [0.1, 0.15) is 50.2 Å². The SMILES string of the molecule is COc1cccc(Cl)c1C(O)C1(CN)CCCCCC1. The third-order valence-electron chi connectivity index (χ3n) is 4.59. The zero-order chi connectivity index (χ0) is 14.6. The Morgan fingerprint density at radius 2 is 1.95 bits per heavy atom. The molecule has 1 aromatic rings. The summed E-state index contributed by atoms with van der Waals surface area (Å²) in [6.07, 6.45) is 5.87. The number of benzene rings is 1. The Hall–Kier alpha value is -0.770. The van der Waals surface area contributed by atoms with Crippen molar-refractivity contribution in [3.8, 4) is 5.75 Å². The van der Waals surface area contributed by atoms with Gasteiger partial charge in [-0.1, -0.05) is 43.4 Å². The summed E-state index contributed by atoms with van der Waals surface area (Å²) in [4.78, 5) is 0. The molecule has 1 aliphatic carbocycles. The molecule has 3 nitrogen and oxygen atoms in total. The first-order valence-electron chi connectivity index (χ1n) is 7.35. The number of hydrogen-bond donors (Lipinski definition) is 2. The molecule has 0 aliphatic heterocycles. The van der Waals surface area contributed by atoms with E-state index >= 15 is 0 Å². The van der Waals surface area contributed by atoms with Gasteiger partial charge in [0, 0.05) is 17.5 Å². The van der Waals surface area contributed by atoms with Crippen molar-refractivity contribution >= 4 is 11.6 Å². The summed E-state index contributed by atoms with van der Waals surface area (Å²) in [5.41, 5.74) is 6.44. The fourth-order valence-corrected chi connectivity index (χ4v) is 3.56. The Bertz CT molecular complexity index is 442. The lowest BCUT2D eigenvalue weighted by atomic mass is 9.73. The van der Waals surface area contributed by atoms with Gasteiger partial charge in [-0.05, 0) is 25.0 Å². The molecule has 2 rings (SSSR count). The molecule has 0 amide bonds. The van der Waals surface area contributed by atoms with Crippen molar-refractivity contribution in [2.24, 2.45) is 11.1 Å². The second kappa shape index (κ2) is 6.79. The molecule has 0 spiro atoms. The number of rotatable bonds is 4. The average Bonchev–Trinajstić information content (AvgIpc) is 2.72. The fourth-order valence-electron chi connectivity index (χ4n) is 3.29. The van der Waals surface area contributed by atoms with Gasteiger partial charge in [0.25, 0.3) is 0 Å². The van der Waals surface area contributed by atoms with Gasteiger partial charge in [-0.25, -0.2) is 0 Å². The lowest BCUT2D eigenvalue weighted by Gasteiger charge is -2.37. The Balaban J connectivity index is 2.39. The van der Waals surface area contributed by atoms with Crippen molar-refractivity contribution in [3.05, 3.63) is 28.8 Å². The third-order valence-corrected chi connectivity index (χ3v) is 4.92.